The minimum absolute atomic E-state index is 0.377. The maximum absolute atomic E-state index is 11.7. The number of hydrogen-bond acceptors (Lipinski definition) is 5. The van der Waals surface area contributed by atoms with Crippen LogP contribution in [0.4, 0.5) is 0 Å². The molecule has 0 N–H and O–H groups in total. The van der Waals surface area contributed by atoms with Crippen LogP contribution >= 0.6 is 0 Å². The van der Waals surface area contributed by atoms with Crippen LogP contribution in [0.1, 0.15) is 43.2 Å². The first kappa shape index (κ1) is 17.5. The molecule has 27 heavy (non-hydrogen) atoms. The monoisotopic (exact) mass is 363 g/mol. The minimum atomic E-state index is -0.626. The maximum atomic E-state index is 11.7. The Bertz CT molecular complexity index is 1070. The van der Waals surface area contributed by atoms with Crippen molar-refractivity contribution in [3.63, 3.8) is 0 Å². The van der Waals surface area contributed by atoms with Gasteiger partial charge in [0.1, 0.15) is 6.10 Å². The van der Waals surface area contributed by atoms with E-state index in [0.717, 1.165) is 38.5 Å². The number of carbonyl (C=O) groups excluding carboxylic acids is 2. The van der Waals surface area contributed by atoms with Gasteiger partial charge in [0.2, 0.25) is 0 Å². The third-order valence-electron chi connectivity index (χ3n) is 5.16. The number of nitrogens with zero attached hydrogens (tertiary/aromatic N) is 1. The van der Waals surface area contributed by atoms with Crippen LogP contribution in [0.3, 0.4) is 0 Å². The molecule has 1 aliphatic rings. The number of hydrogen-bond donors (Lipinski definition) is 0. The van der Waals surface area contributed by atoms with Crippen molar-refractivity contribution in [2.45, 2.75) is 45.8 Å². The summed E-state index contributed by atoms with van der Waals surface area (Å²) in [5, 5.41) is 3.27. The van der Waals surface area contributed by atoms with Crippen molar-refractivity contribution in [3.05, 3.63) is 53.2 Å². The molecule has 2 aromatic carbocycles. The molecular formula is C22H21NO4. The normalized spacial score (nSPS) is 18.9. The Balaban J connectivity index is 1.94. The Morgan fingerprint density at radius 2 is 1.74 bits per heavy atom. The van der Waals surface area contributed by atoms with Crippen molar-refractivity contribution in [2.24, 2.45) is 0 Å². The largest absolute Gasteiger partial charge is 0.458 e. The number of fused-ring (bicyclic) bond motifs is 4. The molecule has 1 aromatic heterocycles. The Morgan fingerprint density at radius 3 is 2.48 bits per heavy atom. The summed E-state index contributed by atoms with van der Waals surface area (Å²) in [5.74, 6) is -0.777. The van der Waals surface area contributed by atoms with Gasteiger partial charge in [-0.2, -0.15) is 0 Å². The third kappa shape index (κ3) is 3.03. The Labute approximate surface area is 157 Å². The number of benzene rings is 2. The van der Waals surface area contributed by atoms with E-state index in [2.05, 4.69) is 24.3 Å². The number of rotatable bonds is 2. The lowest BCUT2D eigenvalue weighted by Crippen LogP contribution is -2.33. The van der Waals surface area contributed by atoms with E-state index in [0.29, 0.717) is 12.8 Å². The van der Waals surface area contributed by atoms with E-state index in [1.165, 1.54) is 13.8 Å². The van der Waals surface area contributed by atoms with Gasteiger partial charge < -0.3 is 9.47 Å². The van der Waals surface area contributed by atoms with E-state index in [-0.39, 0.29) is 5.97 Å². The number of esters is 2. The predicted molar refractivity (Wildman–Crippen MR) is 102 cm³/mol. The second-order valence-corrected chi connectivity index (χ2v) is 7.00. The Hall–Kier alpha value is -2.95. The van der Waals surface area contributed by atoms with Gasteiger partial charge in [0.25, 0.3) is 0 Å². The van der Waals surface area contributed by atoms with Gasteiger partial charge in [0, 0.05) is 35.9 Å². The summed E-state index contributed by atoms with van der Waals surface area (Å²) in [5.41, 5.74) is 3.75. The van der Waals surface area contributed by atoms with Crippen LogP contribution in [-0.2, 0) is 25.5 Å². The molecule has 5 nitrogen and oxygen atoms in total. The fraction of sp³-hybridized carbons (Fsp3) is 0.318. The number of carbonyl (C=O) groups is 2. The molecule has 1 aliphatic carbocycles. The molecule has 1 heterocycles. The molecule has 0 saturated carbocycles. The zero-order chi connectivity index (χ0) is 19.1. The first-order chi connectivity index (χ1) is 13.0. The molecule has 0 radical (unpaired) electrons. The lowest BCUT2D eigenvalue weighted by Gasteiger charge is -2.33. The van der Waals surface area contributed by atoms with Gasteiger partial charge in [-0.3, -0.25) is 14.6 Å². The Morgan fingerprint density at radius 1 is 1.00 bits per heavy atom. The average molecular weight is 363 g/mol. The lowest BCUT2D eigenvalue weighted by atomic mass is 9.85. The number of ether oxygens (including phenoxy) is 2. The van der Waals surface area contributed by atoms with E-state index < -0.39 is 18.2 Å². The summed E-state index contributed by atoms with van der Waals surface area (Å²) in [7, 11) is 0. The molecule has 0 bridgehead atoms. The predicted octanol–water partition coefficient (Wildman–Crippen LogP) is 4.18. The first-order valence-electron chi connectivity index (χ1n) is 9.11. The first-order valence-corrected chi connectivity index (χ1v) is 9.11. The maximum Gasteiger partial charge on any atom is 0.303 e. The van der Waals surface area contributed by atoms with Gasteiger partial charge in [-0.05, 0) is 30.7 Å². The summed E-state index contributed by atoms with van der Waals surface area (Å²) in [4.78, 5) is 28.2. The van der Waals surface area contributed by atoms with Gasteiger partial charge in [0.15, 0.2) is 6.10 Å². The zero-order valence-electron chi connectivity index (χ0n) is 15.6. The third-order valence-corrected chi connectivity index (χ3v) is 5.16. The van der Waals surface area contributed by atoms with Crippen molar-refractivity contribution >= 4 is 33.6 Å². The van der Waals surface area contributed by atoms with Crippen LogP contribution < -0.4 is 0 Å². The van der Waals surface area contributed by atoms with Gasteiger partial charge in [0.05, 0.1) is 5.52 Å². The van der Waals surface area contributed by atoms with Crippen molar-refractivity contribution < 1.29 is 19.1 Å². The van der Waals surface area contributed by atoms with E-state index in [1.54, 1.807) is 0 Å². The van der Waals surface area contributed by atoms with E-state index in [1.807, 2.05) is 19.1 Å². The molecule has 0 amide bonds. The molecular weight excluding hydrogens is 342 g/mol. The molecule has 138 valence electrons. The second-order valence-electron chi connectivity index (χ2n) is 7.00. The smallest absolute Gasteiger partial charge is 0.303 e. The minimum Gasteiger partial charge on any atom is -0.458 e. The highest BCUT2D eigenvalue weighted by Crippen LogP contribution is 2.40. The molecule has 0 spiro atoms. The number of pyridine rings is 1. The molecule has 5 heteroatoms. The van der Waals surface area contributed by atoms with Crippen molar-refractivity contribution in [2.75, 3.05) is 0 Å². The molecule has 0 aliphatic heterocycles. The zero-order valence-corrected chi connectivity index (χ0v) is 15.6. The van der Waals surface area contributed by atoms with E-state index >= 15 is 0 Å². The summed E-state index contributed by atoms with van der Waals surface area (Å²) in [6, 6.07) is 12.3. The van der Waals surface area contributed by atoms with Crippen LogP contribution in [0.15, 0.2) is 36.4 Å². The molecule has 3 aromatic rings. The number of aromatic nitrogens is 1. The molecule has 4 rings (SSSR count). The molecule has 0 saturated heterocycles. The summed E-state index contributed by atoms with van der Waals surface area (Å²) >= 11 is 0. The van der Waals surface area contributed by atoms with Gasteiger partial charge >= 0.3 is 11.9 Å². The summed E-state index contributed by atoms with van der Waals surface area (Å²) < 4.78 is 11.0. The van der Waals surface area contributed by atoms with Crippen molar-refractivity contribution in [1.29, 1.82) is 0 Å². The van der Waals surface area contributed by atoms with Crippen molar-refractivity contribution in [3.8, 4) is 0 Å². The topological polar surface area (TPSA) is 65.5 Å². The lowest BCUT2D eigenvalue weighted by molar-refractivity contribution is -0.167. The quantitative estimate of drug-likeness (QED) is 0.505. The van der Waals surface area contributed by atoms with Gasteiger partial charge in [-0.15, -0.1) is 0 Å². The van der Waals surface area contributed by atoms with Crippen molar-refractivity contribution in [1.82, 2.24) is 4.98 Å². The highest BCUT2D eigenvalue weighted by Gasteiger charge is 2.37. The Kier molecular flexibility index (Phi) is 4.30. The SMILES string of the molecule is CC(=O)O[C@@H]1CCc2nc3c(ccc4ccccc43)c(C)c2[C@@H]1OC(C)=O. The standard InChI is InChI=1S/C22H21NO4/c1-12-16-9-8-15-6-4-5-7-17(15)21(16)23-18-10-11-19(26-13(2)24)22(20(12)18)27-14(3)25/h4-9,19,22H,10-11H2,1-3H3/t19-,22-/m1/s1. The summed E-state index contributed by atoms with van der Waals surface area (Å²) in [6.07, 6.45) is 0.133. The summed E-state index contributed by atoms with van der Waals surface area (Å²) in [6.45, 7) is 4.76. The second kappa shape index (κ2) is 6.65. The highest BCUT2D eigenvalue weighted by molar-refractivity contribution is 6.06. The molecule has 2 atom stereocenters. The van der Waals surface area contributed by atoms with Crippen LogP contribution in [-0.4, -0.2) is 23.0 Å². The molecule has 0 unspecified atom stereocenters. The van der Waals surface area contributed by atoms with Crippen LogP contribution in [0.2, 0.25) is 0 Å². The van der Waals surface area contributed by atoms with Crippen LogP contribution in [0, 0.1) is 6.92 Å². The highest BCUT2D eigenvalue weighted by atomic mass is 16.6. The molecule has 0 fully saturated rings. The van der Waals surface area contributed by atoms with E-state index in [9.17, 15) is 9.59 Å². The van der Waals surface area contributed by atoms with E-state index in [4.69, 9.17) is 14.5 Å². The van der Waals surface area contributed by atoms with Gasteiger partial charge in [-0.1, -0.05) is 36.4 Å². The fourth-order valence-electron chi connectivity index (χ4n) is 4.07. The average Bonchev–Trinajstić information content (AvgIpc) is 2.63. The fourth-order valence-corrected chi connectivity index (χ4v) is 4.07. The van der Waals surface area contributed by atoms with Gasteiger partial charge in [-0.25, -0.2) is 0 Å². The number of aryl methyl sites for hydroxylation is 2. The van der Waals surface area contributed by atoms with Crippen LogP contribution in [0.5, 0.6) is 0 Å². The van der Waals surface area contributed by atoms with Crippen LogP contribution in [0.25, 0.3) is 21.7 Å².